The molecule has 0 saturated heterocycles. The Kier molecular flexibility index (Phi) is 2.54. The molecule has 2 aliphatic rings. The van der Waals surface area contributed by atoms with Crippen LogP contribution in [0.25, 0.3) is 11.1 Å². The molecule has 23 heavy (non-hydrogen) atoms. The number of hydrogen-bond acceptors (Lipinski definition) is 1. The van der Waals surface area contributed by atoms with E-state index in [1.54, 1.807) is 0 Å². The van der Waals surface area contributed by atoms with Crippen molar-refractivity contribution in [1.29, 1.82) is 0 Å². The van der Waals surface area contributed by atoms with Crippen LogP contribution in [-0.2, 0) is 5.41 Å². The minimum Gasteiger partial charge on any atom is -0.260 e. The van der Waals surface area contributed by atoms with Crippen LogP contribution in [0.5, 0.6) is 0 Å². The first kappa shape index (κ1) is 13.5. The van der Waals surface area contributed by atoms with Gasteiger partial charge in [-0.25, -0.2) is 0 Å². The fraction of sp³-hybridized carbons (Fsp3) is 0.190. The zero-order chi connectivity index (χ0) is 15.8. The molecule has 1 unspecified atom stereocenters. The number of pyridine rings is 1. The van der Waals surface area contributed by atoms with E-state index < -0.39 is 0 Å². The molecule has 0 saturated carbocycles. The molecule has 0 aliphatic heterocycles. The lowest BCUT2D eigenvalue weighted by molar-refractivity contribution is 0.592. The van der Waals surface area contributed by atoms with Gasteiger partial charge in [0.1, 0.15) is 0 Å². The van der Waals surface area contributed by atoms with Crippen LogP contribution in [0.15, 0.2) is 59.2 Å². The third-order valence-electron chi connectivity index (χ3n) is 5.47. The summed E-state index contributed by atoms with van der Waals surface area (Å²) in [6, 6.07) is 17.7. The van der Waals surface area contributed by atoms with Gasteiger partial charge in [0.15, 0.2) is 0 Å². The van der Waals surface area contributed by atoms with Crippen molar-refractivity contribution in [2.75, 3.05) is 0 Å². The van der Waals surface area contributed by atoms with Crippen molar-refractivity contribution in [1.82, 2.24) is 4.98 Å². The lowest BCUT2D eigenvalue weighted by Gasteiger charge is -2.37. The molecule has 2 heteroatoms. The Morgan fingerprint density at radius 2 is 1.78 bits per heavy atom. The predicted molar refractivity (Wildman–Crippen MR) is 96.9 cm³/mol. The molecular formula is C21H16BrN. The third-order valence-corrected chi connectivity index (χ3v) is 5.96. The van der Waals surface area contributed by atoms with Crippen LogP contribution in [0, 0.1) is 0 Å². The predicted octanol–water partition coefficient (Wildman–Crippen LogP) is 5.64. The Hall–Kier alpha value is -1.93. The monoisotopic (exact) mass is 361 g/mol. The molecule has 1 atom stereocenters. The van der Waals surface area contributed by atoms with Crippen molar-refractivity contribution in [2.24, 2.45) is 0 Å². The first-order valence-electron chi connectivity index (χ1n) is 7.97. The second-order valence-electron chi connectivity index (χ2n) is 6.99. The highest BCUT2D eigenvalue weighted by Crippen LogP contribution is 2.56. The van der Waals surface area contributed by atoms with Gasteiger partial charge in [0.25, 0.3) is 0 Å². The Labute approximate surface area is 144 Å². The van der Waals surface area contributed by atoms with Crippen LogP contribution >= 0.6 is 15.9 Å². The number of nitrogens with zero attached hydrogens (tertiary/aromatic N) is 1. The zero-order valence-corrected chi connectivity index (χ0v) is 14.7. The van der Waals surface area contributed by atoms with Crippen LogP contribution < -0.4 is 0 Å². The van der Waals surface area contributed by atoms with Gasteiger partial charge in [0.2, 0.25) is 0 Å². The number of fused-ring (bicyclic) bond motifs is 5. The Bertz CT molecular complexity index is 971. The van der Waals surface area contributed by atoms with Gasteiger partial charge in [-0.1, -0.05) is 60.1 Å². The number of halogens is 1. The van der Waals surface area contributed by atoms with Crippen LogP contribution in [0.2, 0.25) is 0 Å². The highest BCUT2D eigenvalue weighted by atomic mass is 79.9. The lowest BCUT2D eigenvalue weighted by atomic mass is 9.67. The summed E-state index contributed by atoms with van der Waals surface area (Å²) in [7, 11) is 0. The quantitative estimate of drug-likeness (QED) is 0.394. The molecule has 0 amide bonds. The van der Waals surface area contributed by atoms with E-state index in [1.165, 1.54) is 39.1 Å². The van der Waals surface area contributed by atoms with E-state index in [4.69, 9.17) is 4.98 Å². The zero-order valence-electron chi connectivity index (χ0n) is 13.1. The molecule has 3 aromatic rings. The lowest BCUT2D eigenvalue weighted by Crippen LogP contribution is -2.29. The molecule has 2 aliphatic carbocycles. The molecule has 5 rings (SSSR count). The van der Waals surface area contributed by atoms with Crippen molar-refractivity contribution in [3.05, 3.63) is 87.1 Å². The van der Waals surface area contributed by atoms with Crippen molar-refractivity contribution in [3.63, 3.8) is 0 Å². The summed E-state index contributed by atoms with van der Waals surface area (Å²) in [5.41, 5.74) is 9.55. The topological polar surface area (TPSA) is 12.9 Å². The fourth-order valence-electron chi connectivity index (χ4n) is 4.43. The van der Waals surface area contributed by atoms with Crippen molar-refractivity contribution in [3.8, 4) is 11.1 Å². The van der Waals surface area contributed by atoms with Crippen molar-refractivity contribution >= 4 is 15.9 Å². The molecular weight excluding hydrogens is 346 g/mol. The normalized spacial score (nSPS) is 19.0. The molecule has 112 valence electrons. The van der Waals surface area contributed by atoms with E-state index in [-0.39, 0.29) is 11.3 Å². The molecule has 0 radical (unpaired) electrons. The summed E-state index contributed by atoms with van der Waals surface area (Å²) in [5.74, 6) is 0.262. The number of aromatic nitrogens is 1. The van der Waals surface area contributed by atoms with Crippen LogP contribution in [0.4, 0.5) is 0 Å². The van der Waals surface area contributed by atoms with E-state index in [0.29, 0.717) is 0 Å². The SMILES string of the molecule is CC1(C)c2cccnc2C2c3cc(Br)ccc3-c3cccc1c32. The van der Waals surface area contributed by atoms with Gasteiger partial charge in [-0.2, -0.15) is 0 Å². The van der Waals surface area contributed by atoms with E-state index >= 15 is 0 Å². The Morgan fingerprint density at radius 1 is 0.957 bits per heavy atom. The highest BCUT2D eigenvalue weighted by molar-refractivity contribution is 9.10. The van der Waals surface area contributed by atoms with Gasteiger partial charge in [-0.3, -0.25) is 4.98 Å². The minimum absolute atomic E-state index is 0.00921. The smallest absolute Gasteiger partial charge is 0.0563 e. The van der Waals surface area contributed by atoms with Gasteiger partial charge >= 0.3 is 0 Å². The summed E-state index contributed by atoms with van der Waals surface area (Å²) in [6.07, 6.45) is 1.93. The second kappa shape index (κ2) is 4.33. The van der Waals surface area contributed by atoms with Crippen LogP contribution in [0.3, 0.4) is 0 Å². The largest absolute Gasteiger partial charge is 0.260 e. The molecule has 0 spiro atoms. The van der Waals surface area contributed by atoms with Gasteiger partial charge in [0.05, 0.1) is 11.6 Å². The van der Waals surface area contributed by atoms with E-state index in [1.807, 2.05) is 6.20 Å². The molecule has 2 aromatic carbocycles. The van der Waals surface area contributed by atoms with Crippen molar-refractivity contribution < 1.29 is 0 Å². The van der Waals surface area contributed by atoms with Crippen LogP contribution in [-0.4, -0.2) is 4.98 Å². The summed E-state index contributed by atoms with van der Waals surface area (Å²) in [5, 5.41) is 0. The van der Waals surface area contributed by atoms with E-state index in [9.17, 15) is 0 Å². The maximum atomic E-state index is 4.81. The van der Waals surface area contributed by atoms with Crippen molar-refractivity contribution in [2.45, 2.75) is 25.2 Å². The summed E-state index contributed by atoms with van der Waals surface area (Å²) in [4.78, 5) is 4.81. The second-order valence-corrected chi connectivity index (χ2v) is 7.91. The number of benzene rings is 2. The minimum atomic E-state index is -0.00921. The van der Waals surface area contributed by atoms with Gasteiger partial charge < -0.3 is 0 Å². The maximum Gasteiger partial charge on any atom is 0.0563 e. The molecule has 1 heterocycles. The molecule has 1 nitrogen and oxygen atoms in total. The first-order valence-corrected chi connectivity index (χ1v) is 8.77. The van der Waals surface area contributed by atoms with E-state index in [0.717, 1.165) is 4.47 Å². The molecule has 1 aromatic heterocycles. The van der Waals surface area contributed by atoms with Gasteiger partial charge in [0, 0.05) is 16.1 Å². The fourth-order valence-corrected chi connectivity index (χ4v) is 4.81. The van der Waals surface area contributed by atoms with E-state index in [2.05, 4.69) is 78.3 Å². The highest BCUT2D eigenvalue weighted by Gasteiger charge is 2.43. The Morgan fingerprint density at radius 3 is 2.65 bits per heavy atom. The number of hydrogen-bond donors (Lipinski definition) is 0. The summed E-state index contributed by atoms with van der Waals surface area (Å²) >= 11 is 3.64. The molecule has 0 N–H and O–H groups in total. The number of rotatable bonds is 0. The molecule has 0 fully saturated rings. The van der Waals surface area contributed by atoms with Gasteiger partial charge in [-0.15, -0.1) is 0 Å². The van der Waals surface area contributed by atoms with Gasteiger partial charge in [-0.05, 0) is 51.6 Å². The average Bonchev–Trinajstić information content (AvgIpc) is 2.87. The van der Waals surface area contributed by atoms with Crippen LogP contribution in [0.1, 0.15) is 47.7 Å². The summed E-state index contributed by atoms with van der Waals surface area (Å²) < 4.78 is 1.13. The standard InChI is InChI=1S/C21H16BrN/c1-21(2)16-6-3-5-14-13-9-8-12(22)11-15(13)19(18(14)16)20-17(21)7-4-10-23-20/h3-11,19H,1-2H3. The third kappa shape index (κ3) is 1.60. The summed E-state index contributed by atoms with van der Waals surface area (Å²) in [6.45, 7) is 4.64. The maximum absolute atomic E-state index is 4.81. The first-order chi connectivity index (χ1) is 11.1. The molecule has 0 bridgehead atoms. The average molecular weight is 362 g/mol. The Balaban J connectivity index is 1.96.